The van der Waals surface area contributed by atoms with Crippen molar-refractivity contribution < 1.29 is 0 Å². The van der Waals surface area contributed by atoms with Crippen LogP contribution in [0.2, 0.25) is 0 Å². The van der Waals surface area contributed by atoms with Crippen LogP contribution in [0.25, 0.3) is 0 Å². The minimum Gasteiger partial charge on any atom is -0.178 e. The van der Waals surface area contributed by atoms with E-state index in [4.69, 9.17) is 0 Å². The Balaban J connectivity index is 4.12. The number of hydrogen-bond donors (Lipinski definition) is 6. The van der Waals surface area contributed by atoms with Crippen LogP contribution >= 0.6 is 99.3 Å². The monoisotopic (exact) mass is 398 g/mol. The van der Waals surface area contributed by atoms with E-state index in [0.717, 1.165) is 34.5 Å². The highest BCUT2D eigenvalue weighted by Gasteiger charge is 2.21. The van der Waals surface area contributed by atoms with Crippen molar-refractivity contribution in [2.24, 2.45) is 0 Å². The van der Waals surface area contributed by atoms with Crippen molar-refractivity contribution in [2.75, 3.05) is 34.5 Å². The van der Waals surface area contributed by atoms with Crippen molar-refractivity contribution in [1.82, 2.24) is 0 Å². The molecule has 4 atom stereocenters. The van der Waals surface area contributed by atoms with Crippen molar-refractivity contribution in [2.45, 2.75) is 21.0 Å². The zero-order valence-electron chi connectivity index (χ0n) is 10.1. The molecule has 0 nitrogen and oxygen atoms in total. The van der Waals surface area contributed by atoms with E-state index in [1.807, 2.05) is 23.5 Å². The molecule has 0 aromatic heterocycles. The summed E-state index contributed by atoms with van der Waals surface area (Å²) in [5.74, 6) is 5.39. The molecule has 0 spiro atoms. The molecule has 0 aromatic rings. The van der Waals surface area contributed by atoms with E-state index >= 15 is 0 Å². The van der Waals surface area contributed by atoms with Crippen molar-refractivity contribution in [1.29, 1.82) is 0 Å². The highest BCUT2D eigenvalue weighted by molar-refractivity contribution is 8.05. The summed E-state index contributed by atoms with van der Waals surface area (Å²) in [7, 11) is 0. The molecule has 0 rings (SSSR count). The Morgan fingerprint density at radius 1 is 0.611 bits per heavy atom. The lowest BCUT2D eigenvalue weighted by molar-refractivity contribution is 0.946. The Labute approximate surface area is 153 Å². The van der Waals surface area contributed by atoms with Crippen LogP contribution in [0.5, 0.6) is 0 Å². The first-order valence-corrected chi connectivity index (χ1v) is 11.3. The smallest absolute Gasteiger partial charge is 0.0262 e. The molecule has 0 N–H and O–H groups in total. The first kappa shape index (κ1) is 20.8. The zero-order valence-corrected chi connectivity index (χ0v) is 17.1. The predicted octanol–water partition coefficient (Wildman–Crippen LogP) is 3.51. The highest BCUT2D eigenvalue weighted by Crippen LogP contribution is 2.29. The van der Waals surface area contributed by atoms with E-state index < -0.39 is 0 Å². The summed E-state index contributed by atoms with van der Waals surface area (Å²) in [6, 6.07) is 0. The van der Waals surface area contributed by atoms with Crippen LogP contribution in [0.3, 0.4) is 0 Å². The summed E-state index contributed by atoms with van der Waals surface area (Å²) in [4.78, 5) is 0. The van der Waals surface area contributed by atoms with Gasteiger partial charge in [-0.1, -0.05) is 0 Å². The second-order valence-corrected chi connectivity index (χ2v) is 9.25. The van der Waals surface area contributed by atoms with Gasteiger partial charge in [-0.15, -0.1) is 0 Å². The summed E-state index contributed by atoms with van der Waals surface area (Å²) in [5.41, 5.74) is 0. The molecule has 18 heavy (non-hydrogen) atoms. The minimum absolute atomic E-state index is 0.348. The van der Waals surface area contributed by atoms with Crippen molar-refractivity contribution >= 4 is 99.3 Å². The van der Waals surface area contributed by atoms with Gasteiger partial charge in [-0.3, -0.25) is 0 Å². The molecular formula is C10H22S8. The fourth-order valence-electron chi connectivity index (χ4n) is 1.13. The molecule has 4 unspecified atom stereocenters. The number of thioether (sulfide) groups is 2. The van der Waals surface area contributed by atoms with Gasteiger partial charge in [0.1, 0.15) is 0 Å². The summed E-state index contributed by atoms with van der Waals surface area (Å²) in [6.45, 7) is 0. The Morgan fingerprint density at radius 2 is 0.944 bits per heavy atom. The van der Waals surface area contributed by atoms with Gasteiger partial charge < -0.3 is 0 Å². The maximum Gasteiger partial charge on any atom is 0.0262 e. The Morgan fingerprint density at radius 3 is 1.17 bits per heavy atom. The van der Waals surface area contributed by atoms with Gasteiger partial charge in [0.2, 0.25) is 0 Å². The van der Waals surface area contributed by atoms with E-state index in [0.29, 0.717) is 21.0 Å². The third kappa shape index (κ3) is 9.68. The van der Waals surface area contributed by atoms with Gasteiger partial charge in [-0.05, 0) is 0 Å². The fraction of sp³-hybridized carbons (Fsp3) is 1.00. The summed E-state index contributed by atoms with van der Waals surface area (Å²) >= 11 is 30.2. The number of rotatable bonds is 11. The van der Waals surface area contributed by atoms with Crippen LogP contribution < -0.4 is 0 Å². The van der Waals surface area contributed by atoms with Gasteiger partial charge in [0.25, 0.3) is 0 Å². The molecule has 0 bridgehead atoms. The van der Waals surface area contributed by atoms with Crippen molar-refractivity contribution in [3.8, 4) is 0 Å². The summed E-state index contributed by atoms with van der Waals surface area (Å²) in [6.07, 6.45) is 0. The maximum absolute atomic E-state index is 4.47. The first-order chi connectivity index (χ1) is 8.58. The van der Waals surface area contributed by atoms with E-state index in [9.17, 15) is 0 Å². The van der Waals surface area contributed by atoms with Gasteiger partial charge in [0.05, 0.1) is 0 Å². The number of thiol groups is 6. The van der Waals surface area contributed by atoms with Crippen LogP contribution in [0, 0.1) is 0 Å². The quantitative estimate of drug-likeness (QED) is 0.295. The largest absolute Gasteiger partial charge is 0.178 e. The maximum atomic E-state index is 4.47. The van der Waals surface area contributed by atoms with Gasteiger partial charge >= 0.3 is 0 Å². The van der Waals surface area contributed by atoms with Gasteiger partial charge in [0.15, 0.2) is 0 Å². The van der Waals surface area contributed by atoms with Crippen LogP contribution in [0.15, 0.2) is 0 Å². The average molecular weight is 399 g/mol. The Bertz CT molecular complexity index is 171. The van der Waals surface area contributed by atoms with Crippen LogP contribution in [-0.4, -0.2) is 55.5 Å². The molecule has 0 aliphatic heterocycles. The van der Waals surface area contributed by atoms with E-state index in [-0.39, 0.29) is 0 Å². The molecule has 110 valence electrons. The van der Waals surface area contributed by atoms with Gasteiger partial charge in [-0.25, -0.2) is 0 Å². The minimum atomic E-state index is 0.348. The SMILES string of the molecule is SCC(S)CSC(CS)C(CS)SCC(S)CS. The fourth-order valence-corrected chi connectivity index (χ4v) is 6.16. The van der Waals surface area contributed by atoms with Crippen molar-refractivity contribution in [3.05, 3.63) is 0 Å². The lowest BCUT2D eigenvalue weighted by Gasteiger charge is -2.25. The molecule has 8 heteroatoms. The third-order valence-corrected chi connectivity index (χ3v) is 9.37. The standard InChI is InChI=1S/C10H22S8/c11-1-7(15)5-17-9(3-13)10(4-14)18-6-8(16)2-12/h7-16H,1-6H2. The van der Waals surface area contributed by atoms with Crippen LogP contribution in [0.4, 0.5) is 0 Å². The Hall–Kier alpha value is 2.80. The van der Waals surface area contributed by atoms with Crippen LogP contribution in [0.1, 0.15) is 0 Å². The topological polar surface area (TPSA) is 0 Å². The van der Waals surface area contributed by atoms with Crippen molar-refractivity contribution in [3.63, 3.8) is 0 Å². The average Bonchev–Trinajstić information content (AvgIpc) is 2.41. The summed E-state index contributed by atoms with van der Waals surface area (Å²) < 4.78 is 0. The lowest BCUT2D eigenvalue weighted by Crippen LogP contribution is -2.27. The molecule has 0 amide bonds. The molecule has 0 saturated carbocycles. The lowest BCUT2D eigenvalue weighted by atomic mass is 10.3. The van der Waals surface area contributed by atoms with Gasteiger partial charge in [0, 0.05) is 55.5 Å². The molecular weight excluding hydrogens is 377 g/mol. The second-order valence-electron chi connectivity index (χ2n) is 3.78. The van der Waals surface area contributed by atoms with Crippen LogP contribution in [-0.2, 0) is 0 Å². The molecule has 0 aromatic carbocycles. The molecule has 0 saturated heterocycles. The summed E-state index contributed by atoms with van der Waals surface area (Å²) in [5, 5.41) is 1.71. The third-order valence-electron chi connectivity index (χ3n) is 2.20. The zero-order chi connectivity index (χ0) is 14.0. The molecule has 0 heterocycles. The van der Waals surface area contributed by atoms with E-state index in [2.05, 4.69) is 75.8 Å². The Kier molecular flexibility index (Phi) is 15.6. The second kappa shape index (κ2) is 13.5. The van der Waals surface area contributed by atoms with Gasteiger partial charge in [-0.2, -0.15) is 99.3 Å². The number of hydrogen-bond acceptors (Lipinski definition) is 8. The molecule has 0 aliphatic rings. The predicted molar refractivity (Wildman–Crippen MR) is 113 cm³/mol. The van der Waals surface area contributed by atoms with E-state index in [1.165, 1.54) is 0 Å². The molecule has 0 aliphatic carbocycles. The molecule has 0 fully saturated rings. The van der Waals surface area contributed by atoms with E-state index in [1.54, 1.807) is 0 Å². The normalized spacial score (nSPS) is 18.3. The first-order valence-electron chi connectivity index (χ1n) is 5.61. The highest BCUT2D eigenvalue weighted by atomic mass is 32.2. The molecule has 0 radical (unpaired) electrons.